The molecule has 1 rings (SSSR count). The van der Waals surface area contributed by atoms with Crippen LogP contribution in [0.3, 0.4) is 0 Å². The Bertz CT molecular complexity index is 323. The minimum atomic E-state index is -0.725. The number of hydrogen-bond acceptors (Lipinski definition) is 5. The van der Waals surface area contributed by atoms with Gasteiger partial charge in [0.15, 0.2) is 0 Å². The Balaban J connectivity index is 2.31. The number of imide groups is 1. The molecular formula is C9H12N2O5. The fraction of sp³-hybridized carbons (Fsp3) is 0.556. The van der Waals surface area contributed by atoms with Gasteiger partial charge in [-0.1, -0.05) is 0 Å². The van der Waals surface area contributed by atoms with Crippen LogP contribution in [-0.4, -0.2) is 35.3 Å². The highest BCUT2D eigenvalue weighted by Crippen LogP contribution is 2.12. The van der Waals surface area contributed by atoms with Crippen LogP contribution < -0.4 is 5.32 Å². The van der Waals surface area contributed by atoms with Crippen LogP contribution in [0.5, 0.6) is 0 Å². The molecule has 1 heterocycles. The monoisotopic (exact) mass is 228 g/mol. The standard InChI is InChI=1S/C9H12N2O5/c1-6(12)10-5-4-9(15)16-11-7(13)2-3-8(11)14/h2-5H2,1H3,(H,10,12). The molecule has 0 aliphatic carbocycles. The van der Waals surface area contributed by atoms with Crippen LogP contribution in [-0.2, 0) is 24.0 Å². The van der Waals surface area contributed by atoms with Crippen LogP contribution in [0.2, 0.25) is 0 Å². The average molecular weight is 228 g/mol. The Labute approximate surface area is 91.7 Å². The van der Waals surface area contributed by atoms with E-state index in [9.17, 15) is 19.2 Å². The molecule has 3 amide bonds. The molecule has 0 aromatic rings. The van der Waals surface area contributed by atoms with Gasteiger partial charge < -0.3 is 10.2 Å². The second-order valence-corrected chi connectivity index (χ2v) is 3.28. The number of rotatable bonds is 4. The summed E-state index contributed by atoms with van der Waals surface area (Å²) in [4.78, 5) is 48.3. The fourth-order valence-corrected chi connectivity index (χ4v) is 1.15. The quantitative estimate of drug-likeness (QED) is 0.631. The van der Waals surface area contributed by atoms with E-state index in [1.165, 1.54) is 6.92 Å². The summed E-state index contributed by atoms with van der Waals surface area (Å²) in [6.45, 7) is 1.43. The summed E-state index contributed by atoms with van der Waals surface area (Å²) in [6.07, 6.45) is 0.0479. The molecule has 1 aliphatic heterocycles. The van der Waals surface area contributed by atoms with E-state index >= 15 is 0 Å². The molecule has 0 saturated carbocycles. The van der Waals surface area contributed by atoms with Crippen LogP contribution >= 0.6 is 0 Å². The summed E-state index contributed by atoms with van der Waals surface area (Å²) < 4.78 is 0. The molecule has 1 aliphatic rings. The lowest BCUT2D eigenvalue weighted by Crippen LogP contribution is -2.33. The van der Waals surface area contributed by atoms with Crippen molar-refractivity contribution >= 4 is 23.7 Å². The van der Waals surface area contributed by atoms with E-state index in [-0.39, 0.29) is 31.7 Å². The van der Waals surface area contributed by atoms with Crippen molar-refractivity contribution in [3.05, 3.63) is 0 Å². The molecule has 0 radical (unpaired) electrons. The maximum Gasteiger partial charge on any atom is 0.334 e. The van der Waals surface area contributed by atoms with Gasteiger partial charge in [-0.05, 0) is 0 Å². The van der Waals surface area contributed by atoms with Gasteiger partial charge in [0.2, 0.25) is 5.91 Å². The molecule has 0 unspecified atom stereocenters. The van der Waals surface area contributed by atoms with Crippen LogP contribution in [0, 0.1) is 0 Å². The van der Waals surface area contributed by atoms with Crippen molar-refractivity contribution < 1.29 is 24.0 Å². The maximum absolute atomic E-state index is 11.2. The van der Waals surface area contributed by atoms with Crippen LogP contribution in [0.25, 0.3) is 0 Å². The van der Waals surface area contributed by atoms with Crippen molar-refractivity contribution in [2.75, 3.05) is 6.54 Å². The molecule has 0 atom stereocenters. The fourth-order valence-electron chi connectivity index (χ4n) is 1.15. The molecule has 1 fully saturated rings. The summed E-state index contributed by atoms with van der Waals surface area (Å²) >= 11 is 0. The Morgan fingerprint density at radius 1 is 1.31 bits per heavy atom. The van der Waals surface area contributed by atoms with Gasteiger partial charge in [-0.25, -0.2) is 4.79 Å². The molecule has 88 valence electrons. The van der Waals surface area contributed by atoms with Gasteiger partial charge in [0, 0.05) is 26.3 Å². The van der Waals surface area contributed by atoms with Gasteiger partial charge in [-0.3, -0.25) is 14.4 Å². The van der Waals surface area contributed by atoms with Crippen LogP contribution in [0.1, 0.15) is 26.2 Å². The molecule has 0 bridgehead atoms. The zero-order valence-corrected chi connectivity index (χ0v) is 8.82. The summed E-state index contributed by atoms with van der Waals surface area (Å²) in [5, 5.41) is 2.88. The first-order chi connectivity index (χ1) is 7.50. The van der Waals surface area contributed by atoms with E-state index in [4.69, 9.17) is 0 Å². The number of carbonyl (C=O) groups excluding carboxylic acids is 4. The van der Waals surface area contributed by atoms with Gasteiger partial charge in [0.1, 0.15) is 0 Å². The van der Waals surface area contributed by atoms with Crippen molar-refractivity contribution in [2.45, 2.75) is 26.2 Å². The maximum atomic E-state index is 11.2. The number of carbonyl (C=O) groups is 4. The summed E-state index contributed by atoms with van der Waals surface area (Å²) in [7, 11) is 0. The molecule has 7 nitrogen and oxygen atoms in total. The summed E-state index contributed by atoms with van der Waals surface area (Å²) in [6, 6.07) is 0. The van der Waals surface area contributed by atoms with Crippen molar-refractivity contribution in [1.29, 1.82) is 0 Å². The van der Waals surface area contributed by atoms with E-state index < -0.39 is 17.8 Å². The first-order valence-electron chi connectivity index (χ1n) is 4.81. The second-order valence-electron chi connectivity index (χ2n) is 3.28. The normalized spacial score (nSPS) is 15.2. The van der Waals surface area contributed by atoms with Crippen LogP contribution in [0.15, 0.2) is 0 Å². The number of amides is 3. The van der Waals surface area contributed by atoms with E-state index in [0.717, 1.165) is 0 Å². The zero-order chi connectivity index (χ0) is 12.1. The van der Waals surface area contributed by atoms with Gasteiger partial charge >= 0.3 is 5.97 Å². The number of nitrogens with zero attached hydrogens (tertiary/aromatic N) is 1. The van der Waals surface area contributed by atoms with Crippen molar-refractivity contribution in [3.8, 4) is 0 Å². The Morgan fingerprint density at radius 2 is 1.88 bits per heavy atom. The largest absolute Gasteiger partial charge is 0.356 e. The minimum Gasteiger partial charge on any atom is -0.356 e. The highest BCUT2D eigenvalue weighted by Gasteiger charge is 2.32. The lowest BCUT2D eigenvalue weighted by Gasteiger charge is -2.12. The van der Waals surface area contributed by atoms with Crippen molar-refractivity contribution in [1.82, 2.24) is 10.4 Å². The third kappa shape index (κ3) is 3.34. The predicted molar refractivity (Wildman–Crippen MR) is 50.5 cm³/mol. The first-order valence-corrected chi connectivity index (χ1v) is 4.81. The topological polar surface area (TPSA) is 92.8 Å². The number of hydroxylamine groups is 2. The predicted octanol–water partition coefficient (Wildman–Crippen LogP) is -0.880. The van der Waals surface area contributed by atoms with Crippen molar-refractivity contribution in [3.63, 3.8) is 0 Å². The van der Waals surface area contributed by atoms with Gasteiger partial charge in [-0.15, -0.1) is 5.06 Å². The molecule has 0 spiro atoms. The SMILES string of the molecule is CC(=O)NCCC(=O)ON1C(=O)CCC1=O. The van der Waals surface area contributed by atoms with E-state index in [1.54, 1.807) is 0 Å². The highest BCUT2D eigenvalue weighted by molar-refractivity contribution is 6.01. The molecule has 0 aromatic heterocycles. The Hall–Kier alpha value is -1.92. The first kappa shape index (κ1) is 12.2. The molecule has 0 aromatic carbocycles. The molecule has 1 saturated heterocycles. The third-order valence-electron chi connectivity index (χ3n) is 1.90. The second kappa shape index (κ2) is 5.24. The molecule has 7 heteroatoms. The highest BCUT2D eigenvalue weighted by atomic mass is 16.7. The lowest BCUT2D eigenvalue weighted by molar-refractivity contribution is -0.197. The van der Waals surface area contributed by atoms with Crippen molar-refractivity contribution in [2.24, 2.45) is 0 Å². The number of nitrogens with one attached hydrogen (secondary N) is 1. The van der Waals surface area contributed by atoms with E-state index in [0.29, 0.717) is 5.06 Å². The summed E-state index contributed by atoms with van der Waals surface area (Å²) in [5.41, 5.74) is 0. The molecule has 16 heavy (non-hydrogen) atoms. The van der Waals surface area contributed by atoms with Gasteiger partial charge in [-0.2, -0.15) is 0 Å². The lowest BCUT2D eigenvalue weighted by atomic mass is 10.4. The molecule has 1 N–H and O–H groups in total. The minimum absolute atomic E-state index is 0.0673. The average Bonchev–Trinajstić information content (AvgIpc) is 2.49. The smallest absolute Gasteiger partial charge is 0.334 e. The van der Waals surface area contributed by atoms with Gasteiger partial charge in [0.25, 0.3) is 11.8 Å². The van der Waals surface area contributed by atoms with Gasteiger partial charge in [0.05, 0.1) is 6.42 Å². The Kier molecular flexibility index (Phi) is 3.98. The third-order valence-corrected chi connectivity index (χ3v) is 1.90. The van der Waals surface area contributed by atoms with E-state index in [2.05, 4.69) is 10.2 Å². The van der Waals surface area contributed by atoms with E-state index in [1.807, 2.05) is 0 Å². The molecular weight excluding hydrogens is 216 g/mol. The number of hydrogen-bond donors (Lipinski definition) is 1. The summed E-state index contributed by atoms with van der Waals surface area (Å²) in [5.74, 6) is -2.02. The zero-order valence-electron chi connectivity index (χ0n) is 8.82. The van der Waals surface area contributed by atoms with Crippen LogP contribution in [0.4, 0.5) is 0 Å². The Morgan fingerprint density at radius 3 is 2.38 bits per heavy atom.